The molecule has 0 spiro atoms. The van der Waals surface area contributed by atoms with Gasteiger partial charge in [-0.2, -0.15) is 0 Å². The molecule has 1 nitrogen and oxygen atoms in total. The predicted molar refractivity (Wildman–Crippen MR) is 81.1 cm³/mol. The van der Waals surface area contributed by atoms with Crippen LogP contribution in [0.15, 0.2) is 24.3 Å². The zero-order valence-corrected chi connectivity index (χ0v) is 12.9. The molecule has 0 bridgehead atoms. The van der Waals surface area contributed by atoms with Gasteiger partial charge in [-0.25, -0.2) is 0 Å². The number of aryl methyl sites for hydroxylation is 1. The summed E-state index contributed by atoms with van der Waals surface area (Å²) >= 11 is 0. The lowest BCUT2D eigenvalue weighted by molar-refractivity contribution is 0.0179. The van der Waals surface area contributed by atoms with Gasteiger partial charge in [0.15, 0.2) is 0 Å². The first kappa shape index (κ1) is 14.6. The van der Waals surface area contributed by atoms with Crippen LogP contribution in [0.25, 0.3) is 0 Å². The van der Waals surface area contributed by atoms with E-state index in [1.807, 2.05) is 0 Å². The van der Waals surface area contributed by atoms with E-state index in [1.54, 1.807) is 0 Å². The molecule has 0 amide bonds. The van der Waals surface area contributed by atoms with Gasteiger partial charge in [-0.1, -0.05) is 50.6 Å². The Morgan fingerprint density at radius 3 is 2.53 bits per heavy atom. The summed E-state index contributed by atoms with van der Waals surface area (Å²) in [7, 11) is 0. The highest BCUT2D eigenvalue weighted by molar-refractivity contribution is 5.27. The van der Waals surface area contributed by atoms with Crippen molar-refractivity contribution in [3.05, 3.63) is 35.4 Å². The van der Waals surface area contributed by atoms with Crippen molar-refractivity contribution in [1.29, 1.82) is 0 Å². The van der Waals surface area contributed by atoms with Gasteiger partial charge >= 0.3 is 0 Å². The first-order valence-electron chi connectivity index (χ1n) is 7.61. The number of hydrogen-bond acceptors (Lipinski definition) is 1. The topological polar surface area (TPSA) is 20.2 Å². The molecule has 2 rings (SSSR count). The van der Waals surface area contributed by atoms with Gasteiger partial charge < -0.3 is 5.11 Å². The van der Waals surface area contributed by atoms with Crippen molar-refractivity contribution >= 4 is 0 Å². The maximum atomic E-state index is 11.0. The molecule has 1 heteroatoms. The van der Waals surface area contributed by atoms with Gasteiger partial charge in [-0.15, -0.1) is 0 Å². The van der Waals surface area contributed by atoms with Crippen LogP contribution in [0.1, 0.15) is 64.0 Å². The Balaban J connectivity index is 2.18. The van der Waals surface area contributed by atoms with Crippen molar-refractivity contribution in [2.45, 2.75) is 65.4 Å². The molecule has 0 aliphatic heterocycles. The van der Waals surface area contributed by atoms with Crippen LogP contribution in [-0.2, 0) is 5.60 Å². The maximum absolute atomic E-state index is 11.0. The summed E-state index contributed by atoms with van der Waals surface area (Å²) in [5, 5.41) is 11.0. The summed E-state index contributed by atoms with van der Waals surface area (Å²) < 4.78 is 0. The molecule has 2 unspecified atom stereocenters. The molecule has 1 aromatic rings. The SMILES string of the molecule is Cc1cccc(C2(O)CCCC(C(C)(C)C)CC2)c1. The Labute approximate surface area is 118 Å². The van der Waals surface area contributed by atoms with Crippen LogP contribution < -0.4 is 0 Å². The Hall–Kier alpha value is -0.820. The first-order valence-corrected chi connectivity index (χ1v) is 7.61. The van der Waals surface area contributed by atoms with Crippen LogP contribution in [0.5, 0.6) is 0 Å². The number of benzene rings is 1. The average molecular weight is 260 g/mol. The lowest BCUT2D eigenvalue weighted by Gasteiger charge is -2.31. The fourth-order valence-electron chi connectivity index (χ4n) is 3.41. The molecule has 2 atom stereocenters. The predicted octanol–water partition coefficient (Wildman–Crippen LogP) is 4.81. The third kappa shape index (κ3) is 3.39. The average Bonchev–Trinajstić information content (AvgIpc) is 2.52. The lowest BCUT2D eigenvalue weighted by Crippen LogP contribution is -2.26. The third-order valence-electron chi connectivity index (χ3n) is 4.83. The van der Waals surface area contributed by atoms with Gasteiger partial charge in [0.05, 0.1) is 5.60 Å². The standard InChI is InChI=1S/C18H28O/c1-14-7-5-8-16(13-14)18(19)11-6-9-15(10-12-18)17(2,3)4/h5,7-8,13,15,19H,6,9-12H2,1-4H3. The van der Waals surface area contributed by atoms with Crippen molar-refractivity contribution in [2.75, 3.05) is 0 Å². The van der Waals surface area contributed by atoms with E-state index in [9.17, 15) is 5.11 Å². The summed E-state index contributed by atoms with van der Waals surface area (Å²) in [5.74, 6) is 0.728. The minimum atomic E-state index is -0.605. The zero-order valence-electron chi connectivity index (χ0n) is 12.9. The van der Waals surface area contributed by atoms with Crippen molar-refractivity contribution in [3.8, 4) is 0 Å². The fraction of sp³-hybridized carbons (Fsp3) is 0.667. The van der Waals surface area contributed by atoms with E-state index in [2.05, 4.69) is 52.0 Å². The molecule has 0 aromatic heterocycles. The molecule has 19 heavy (non-hydrogen) atoms. The second-order valence-electron chi connectivity index (χ2n) is 7.39. The van der Waals surface area contributed by atoms with Gasteiger partial charge in [0, 0.05) is 0 Å². The molecule has 1 fully saturated rings. The van der Waals surface area contributed by atoms with Crippen molar-refractivity contribution in [2.24, 2.45) is 11.3 Å². The molecule has 0 radical (unpaired) electrons. The minimum absolute atomic E-state index is 0.359. The highest BCUT2D eigenvalue weighted by Crippen LogP contribution is 2.43. The summed E-state index contributed by atoms with van der Waals surface area (Å²) in [6.07, 6.45) is 5.32. The van der Waals surface area contributed by atoms with Gasteiger partial charge in [0.1, 0.15) is 0 Å². The molecule has 106 valence electrons. The molecule has 0 heterocycles. The van der Waals surface area contributed by atoms with Crippen LogP contribution in [0.3, 0.4) is 0 Å². The van der Waals surface area contributed by atoms with Gasteiger partial charge in [-0.3, -0.25) is 0 Å². The molecule has 0 saturated heterocycles. The maximum Gasteiger partial charge on any atom is 0.0896 e. The fourth-order valence-corrected chi connectivity index (χ4v) is 3.41. The smallest absolute Gasteiger partial charge is 0.0896 e. The van der Waals surface area contributed by atoms with E-state index in [0.29, 0.717) is 5.41 Å². The normalized spacial score (nSPS) is 29.0. The minimum Gasteiger partial charge on any atom is -0.385 e. The molecular formula is C18H28O. The van der Waals surface area contributed by atoms with Crippen LogP contribution in [0.4, 0.5) is 0 Å². The Kier molecular flexibility index (Phi) is 4.06. The van der Waals surface area contributed by atoms with Crippen LogP contribution >= 0.6 is 0 Å². The highest BCUT2D eigenvalue weighted by atomic mass is 16.3. The first-order chi connectivity index (χ1) is 8.81. The highest BCUT2D eigenvalue weighted by Gasteiger charge is 2.35. The van der Waals surface area contributed by atoms with Gasteiger partial charge in [-0.05, 0) is 55.9 Å². The molecule has 1 aliphatic rings. The summed E-state index contributed by atoms with van der Waals surface area (Å²) in [5.41, 5.74) is 2.11. The van der Waals surface area contributed by atoms with Crippen LogP contribution in [0, 0.1) is 18.3 Å². The summed E-state index contributed by atoms with van der Waals surface area (Å²) in [6, 6.07) is 8.40. The summed E-state index contributed by atoms with van der Waals surface area (Å²) in [4.78, 5) is 0. The molecule has 1 aliphatic carbocycles. The second kappa shape index (κ2) is 5.28. The van der Waals surface area contributed by atoms with E-state index in [-0.39, 0.29) is 0 Å². The Bertz CT molecular complexity index is 430. The van der Waals surface area contributed by atoms with E-state index in [1.165, 1.54) is 12.0 Å². The molecule has 1 aromatic carbocycles. The van der Waals surface area contributed by atoms with Crippen molar-refractivity contribution in [3.63, 3.8) is 0 Å². The third-order valence-corrected chi connectivity index (χ3v) is 4.83. The van der Waals surface area contributed by atoms with Crippen molar-refractivity contribution in [1.82, 2.24) is 0 Å². The lowest BCUT2D eigenvalue weighted by atomic mass is 9.76. The van der Waals surface area contributed by atoms with E-state index in [4.69, 9.17) is 0 Å². The Morgan fingerprint density at radius 1 is 1.16 bits per heavy atom. The number of rotatable bonds is 1. The van der Waals surface area contributed by atoms with E-state index >= 15 is 0 Å². The molecular weight excluding hydrogens is 232 g/mol. The molecule has 1 saturated carbocycles. The quantitative estimate of drug-likeness (QED) is 0.718. The zero-order chi connectivity index (χ0) is 14.1. The molecule has 1 N–H and O–H groups in total. The van der Waals surface area contributed by atoms with Gasteiger partial charge in [0.25, 0.3) is 0 Å². The van der Waals surface area contributed by atoms with Crippen LogP contribution in [0.2, 0.25) is 0 Å². The number of hydrogen-bond donors (Lipinski definition) is 1. The van der Waals surface area contributed by atoms with E-state index < -0.39 is 5.60 Å². The second-order valence-corrected chi connectivity index (χ2v) is 7.39. The largest absolute Gasteiger partial charge is 0.385 e. The monoisotopic (exact) mass is 260 g/mol. The van der Waals surface area contributed by atoms with Gasteiger partial charge in [0.2, 0.25) is 0 Å². The van der Waals surface area contributed by atoms with Crippen LogP contribution in [-0.4, -0.2) is 5.11 Å². The summed E-state index contributed by atoms with van der Waals surface area (Å²) in [6.45, 7) is 9.08. The Morgan fingerprint density at radius 2 is 1.89 bits per heavy atom. The van der Waals surface area contributed by atoms with Crippen molar-refractivity contribution < 1.29 is 5.11 Å². The number of aliphatic hydroxyl groups is 1. The van der Waals surface area contributed by atoms with E-state index in [0.717, 1.165) is 37.2 Å².